The summed E-state index contributed by atoms with van der Waals surface area (Å²) >= 11 is 1.69. The van der Waals surface area contributed by atoms with Crippen LogP contribution in [0.25, 0.3) is 0 Å². The predicted molar refractivity (Wildman–Crippen MR) is 103 cm³/mol. The van der Waals surface area contributed by atoms with Crippen LogP contribution in [0.15, 0.2) is 29.6 Å². The molecule has 2 amide bonds. The van der Waals surface area contributed by atoms with Crippen molar-refractivity contribution in [1.29, 1.82) is 0 Å². The zero-order valence-electron chi connectivity index (χ0n) is 15.2. The maximum absolute atomic E-state index is 12.1. The molecule has 0 aliphatic rings. The van der Waals surface area contributed by atoms with E-state index in [1.54, 1.807) is 11.3 Å². The van der Waals surface area contributed by atoms with E-state index in [9.17, 15) is 9.59 Å². The Bertz CT molecular complexity index is 735. The molecular formula is C19H25N3O2S. The minimum atomic E-state index is -0.220. The Labute approximate surface area is 153 Å². The van der Waals surface area contributed by atoms with Crippen molar-refractivity contribution in [2.24, 2.45) is 0 Å². The number of rotatable bonds is 7. The van der Waals surface area contributed by atoms with Gasteiger partial charge >= 0.3 is 0 Å². The molecule has 0 spiro atoms. The number of carbonyl (C=O) groups excluding carboxylic acids is 2. The van der Waals surface area contributed by atoms with Crippen LogP contribution in [-0.4, -0.2) is 36.9 Å². The monoisotopic (exact) mass is 359 g/mol. The van der Waals surface area contributed by atoms with Gasteiger partial charge in [0, 0.05) is 17.1 Å². The summed E-state index contributed by atoms with van der Waals surface area (Å²) in [7, 11) is 1.90. The summed E-state index contributed by atoms with van der Waals surface area (Å²) in [6, 6.07) is 7.92. The van der Waals surface area contributed by atoms with E-state index < -0.39 is 0 Å². The van der Waals surface area contributed by atoms with Crippen LogP contribution in [0.5, 0.6) is 0 Å². The van der Waals surface area contributed by atoms with E-state index in [1.807, 2.05) is 44.0 Å². The van der Waals surface area contributed by atoms with Crippen LogP contribution in [0.2, 0.25) is 0 Å². The Hall–Kier alpha value is -2.18. The number of nitrogens with zero attached hydrogens (tertiary/aromatic N) is 1. The summed E-state index contributed by atoms with van der Waals surface area (Å²) in [6.07, 6.45) is 0. The summed E-state index contributed by atoms with van der Waals surface area (Å²) in [5, 5.41) is 7.59. The van der Waals surface area contributed by atoms with Crippen molar-refractivity contribution in [3.63, 3.8) is 0 Å². The molecule has 1 aromatic heterocycles. The van der Waals surface area contributed by atoms with Crippen molar-refractivity contribution in [2.75, 3.05) is 25.5 Å². The van der Waals surface area contributed by atoms with Crippen LogP contribution in [0, 0.1) is 20.8 Å². The lowest BCUT2D eigenvalue weighted by molar-refractivity contribution is -0.124. The molecule has 0 aliphatic heterocycles. The van der Waals surface area contributed by atoms with Crippen molar-refractivity contribution in [3.05, 3.63) is 51.2 Å². The topological polar surface area (TPSA) is 61.4 Å². The van der Waals surface area contributed by atoms with Crippen LogP contribution >= 0.6 is 11.3 Å². The van der Waals surface area contributed by atoms with Crippen LogP contribution in [-0.2, 0) is 16.1 Å². The van der Waals surface area contributed by atoms with Gasteiger partial charge in [0.15, 0.2) is 0 Å². The number of thiophene rings is 1. The summed E-state index contributed by atoms with van der Waals surface area (Å²) in [4.78, 5) is 27.3. The number of likely N-dealkylation sites (N-methyl/N-ethyl adjacent to an activating group) is 1. The van der Waals surface area contributed by atoms with Gasteiger partial charge in [-0.1, -0.05) is 18.2 Å². The third kappa shape index (κ3) is 5.69. The van der Waals surface area contributed by atoms with Gasteiger partial charge in [0.1, 0.15) is 0 Å². The molecule has 0 unspecified atom stereocenters. The molecule has 0 fully saturated rings. The molecule has 2 aromatic rings. The molecule has 2 rings (SSSR count). The number of aryl methyl sites for hydroxylation is 3. The first-order chi connectivity index (χ1) is 11.9. The zero-order chi connectivity index (χ0) is 18.4. The fourth-order valence-electron chi connectivity index (χ4n) is 2.54. The van der Waals surface area contributed by atoms with Crippen LogP contribution < -0.4 is 10.6 Å². The summed E-state index contributed by atoms with van der Waals surface area (Å²) in [6.45, 7) is 6.92. The van der Waals surface area contributed by atoms with Gasteiger partial charge in [-0.3, -0.25) is 14.5 Å². The fourth-order valence-corrected chi connectivity index (χ4v) is 3.53. The SMILES string of the molecule is Cc1ccsc1CN(C)CC(=O)NCC(=O)Nc1c(C)cccc1C. The van der Waals surface area contributed by atoms with E-state index in [2.05, 4.69) is 29.0 Å². The molecule has 0 atom stereocenters. The van der Waals surface area contributed by atoms with Gasteiger partial charge in [-0.2, -0.15) is 0 Å². The maximum atomic E-state index is 12.1. The largest absolute Gasteiger partial charge is 0.346 e. The molecule has 1 heterocycles. The van der Waals surface area contributed by atoms with E-state index >= 15 is 0 Å². The number of para-hydroxylation sites is 1. The van der Waals surface area contributed by atoms with Gasteiger partial charge in [-0.05, 0) is 56.0 Å². The summed E-state index contributed by atoms with van der Waals surface area (Å²) in [5.41, 5.74) is 4.06. The number of hydrogen-bond donors (Lipinski definition) is 2. The minimum Gasteiger partial charge on any atom is -0.346 e. The number of benzene rings is 1. The first-order valence-electron chi connectivity index (χ1n) is 8.21. The van der Waals surface area contributed by atoms with Gasteiger partial charge in [0.05, 0.1) is 13.1 Å². The van der Waals surface area contributed by atoms with E-state index in [1.165, 1.54) is 10.4 Å². The van der Waals surface area contributed by atoms with Crippen LogP contribution in [0.4, 0.5) is 5.69 Å². The lowest BCUT2D eigenvalue weighted by atomic mass is 10.1. The highest BCUT2D eigenvalue weighted by atomic mass is 32.1. The van der Waals surface area contributed by atoms with Gasteiger partial charge in [-0.15, -0.1) is 11.3 Å². The normalized spacial score (nSPS) is 10.8. The van der Waals surface area contributed by atoms with Crippen LogP contribution in [0.3, 0.4) is 0 Å². The van der Waals surface area contributed by atoms with E-state index in [4.69, 9.17) is 0 Å². The van der Waals surface area contributed by atoms with E-state index in [0.717, 1.165) is 23.4 Å². The van der Waals surface area contributed by atoms with Gasteiger partial charge in [0.2, 0.25) is 11.8 Å². The third-order valence-corrected chi connectivity index (χ3v) is 4.99. The fraction of sp³-hybridized carbons (Fsp3) is 0.368. The highest BCUT2D eigenvalue weighted by Crippen LogP contribution is 2.19. The highest BCUT2D eigenvalue weighted by molar-refractivity contribution is 7.10. The lowest BCUT2D eigenvalue weighted by Crippen LogP contribution is -2.39. The highest BCUT2D eigenvalue weighted by Gasteiger charge is 2.12. The van der Waals surface area contributed by atoms with Crippen molar-refractivity contribution in [3.8, 4) is 0 Å². The number of amides is 2. The third-order valence-electron chi connectivity index (χ3n) is 3.99. The number of carbonyl (C=O) groups is 2. The number of hydrogen-bond acceptors (Lipinski definition) is 4. The molecule has 0 saturated heterocycles. The quantitative estimate of drug-likeness (QED) is 0.799. The second-order valence-electron chi connectivity index (χ2n) is 6.29. The van der Waals surface area contributed by atoms with Crippen LogP contribution in [0.1, 0.15) is 21.6 Å². The Morgan fingerprint density at radius 1 is 1.04 bits per heavy atom. The standard InChI is InChI=1S/C19H25N3O2S/c1-13-8-9-25-16(13)11-22(4)12-18(24)20-10-17(23)21-19-14(2)6-5-7-15(19)3/h5-9H,10-12H2,1-4H3,(H,20,24)(H,21,23). The molecular weight excluding hydrogens is 334 g/mol. The first kappa shape index (κ1) is 19.1. The molecule has 1 aromatic carbocycles. The molecule has 134 valence electrons. The number of anilines is 1. The molecule has 6 heteroatoms. The van der Waals surface area contributed by atoms with E-state index in [-0.39, 0.29) is 24.9 Å². The van der Waals surface area contributed by atoms with Crippen molar-refractivity contribution in [2.45, 2.75) is 27.3 Å². The Kier molecular flexibility index (Phi) is 6.73. The van der Waals surface area contributed by atoms with Gasteiger partial charge in [-0.25, -0.2) is 0 Å². The summed E-state index contributed by atoms with van der Waals surface area (Å²) < 4.78 is 0. The minimum absolute atomic E-state index is 0.0293. The Morgan fingerprint density at radius 3 is 2.32 bits per heavy atom. The first-order valence-corrected chi connectivity index (χ1v) is 9.09. The Morgan fingerprint density at radius 2 is 1.72 bits per heavy atom. The molecule has 0 saturated carbocycles. The molecule has 2 N–H and O–H groups in total. The summed E-state index contributed by atoms with van der Waals surface area (Å²) in [5.74, 6) is -0.379. The average Bonchev–Trinajstić information content (AvgIpc) is 2.94. The molecule has 0 bridgehead atoms. The predicted octanol–water partition coefficient (Wildman–Crippen LogP) is 2.86. The second-order valence-corrected chi connectivity index (χ2v) is 7.29. The van der Waals surface area contributed by atoms with Gasteiger partial charge in [0.25, 0.3) is 0 Å². The lowest BCUT2D eigenvalue weighted by Gasteiger charge is -2.16. The zero-order valence-corrected chi connectivity index (χ0v) is 16.0. The van der Waals surface area contributed by atoms with Crippen molar-refractivity contribution < 1.29 is 9.59 Å². The molecule has 25 heavy (non-hydrogen) atoms. The van der Waals surface area contributed by atoms with Gasteiger partial charge < -0.3 is 10.6 Å². The maximum Gasteiger partial charge on any atom is 0.243 e. The molecule has 0 aliphatic carbocycles. The smallest absolute Gasteiger partial charge is 0.243 e. The number of nitrogens with one attached hydrogen (secondary N) is 2. The molecule has 5 nitrogen and oxygen atoms in total. The average molecular weight is 359 g/mol. The second kappa shape index (κ2) is 8.78. The van der Waals surface area contributed by atoms with Crippen molar-refractivity contribution in [1.82, 2.24) is 10.2 Å². The van der Waals surface area contributed by atoms with Crippen molar-refractivity contribution >= 4 is 28.8 Å². The molecule has 0 radical (unpaired) electrons. The Balaban J connectivity index is 1.77. The van der Waals surface area contributed by atoms with E-state index in [0.29, 0.717) is 0 Å².